The predicted octanol–water partition coefficient (Wildman–Crippen LogP) is 6.76. The van der Waals surface area contributed by atoms with E-state index < -0.39 is 0 Å². The Kier molecular flexibility index (Phi) is 6.08. The molecule has 30 heavy (non-hydrogen) atoms. The van der Waals surface area contributed by atoms with Gasteiger partial charge in [0.2, 0.25) is 5.91 Å². The number of hydrogen-bond donors (Lipinski definition) is 1. The average molecular weight is 434 g/mol. The molecule has 0 radical (unpaired) electrons. The molecule has 0 spiro atoms. The van der Waals surface area contributed by atoms with E-state index in [-0.39, 0.29) is 17.9 Å². The van der Waals surface area contributed by atoms with Crippen LogP contribution in [0.5, 0.6) is 0 Å². The van der Waals surface area contributed by atoms with E-state index >= 15 is 0 Å². The van der Waals surface area contributed by atoms with Crippen molar-refractivity contribution in [3.05, 3.63) is 118 Å². The van der Waals surface area contributed by atoms with Crippen molar-refractivity contribution in [3.8, 4) is 0 Å². The minimum Gasteiger partial charge on any atom is -0.349 e. The third-order valence-electron chi connectivity index (χ3n) is 5.23. The van der Waals surface area contributed by atoms with E-state index in [4.69, 9.17) is 23.2 Å². The molecule has 0 saturated heterocycles. The Balaban J connectivity index is 1.87. The van der Waals surface area contributed by atoms with Gasteiger partial charge in [-0.25, -0.2) is 0 Å². The molecule has 1 aliphatic rings. The van der Waals surface area contributed by atoms with E-state index in [1.807, 2.05) is 66.7 Å². The summed E-state index contributed by atoms with van der Waals surface area (Å²) < 4.78 is 0. The number of carbonyl (C=O) groups is 1. The fourth-order valence-corrected chi connectivity index (χ4v) is 4.11. The lowest BCUT2D eigenvalue weighted by Crippen LogP contribution is -2.37. The molecule has 2 nitrogen and oxygen atoms in total. The minimum atomic E-state index is -0.161. The lowest BCUT2D eigenvalue weighted by molar-refractivity contribution is -0.119. The lowest BCUT2D eigenvalue weighted by Gasteiger charge is -2.31. The van der Waals surface area contributed by atoms with Crippen molar-refractivity contribution in [2.75, 3.05) is 0 Å². The molecule has 0 heterocycles. The van der Waals surface area contributed by atoms with Gasteiger partial charge >= 0.3 is 0 Å². The van der Waals surface area contributed by atoms with Crippen LogP contribution in [0, 0.1) is 0 Å². The Bertz CT molecular complexity index is 1100. The largest absolute Gasteiger partial charge is 0.349 e. The standard InChI is InChI=1S/C26H21Cl2NO/c1-17(30)29-26-16-24(20-9-13-22(28)14-10-20)23(19-7-11-21(27)12-8-19)15-25(26)18-5-3-2-4-6-18/h2-16,25-26H,1H3,(H,29,30)/t25-,26-/m1/s1. The van der Waals surface area contributed by atoms with Crippen LogP contribution >= 0.6 is 23.2 Å². The number of hydrogen-bond acceptors (Lipinski definition) is 1. The molecule has 0 bridgehead atoms. The summed E-state index contributed by atoms with van der Waals surface area (Å²) in [5.74, 6) is -0.0483. The van der Waals surface area contributed by atoms with Crippen LogP contribution in [0.3, 0.4) is 0 Å². The molecule has 0 fully saturated rings. The van der Waals surface area contributed by atoms with Crippen molar-refractivity contribution in [1.82, 2.24) is 5.32 Å². The van der Waals surface area contributed by atoms with Gasteiger partial charge in [-0.15, -0.1) is 0 Å². The SMILES string of the molecule is CC(=O)N[C@@H]1C=C(c2ccc(Cl)cc2)C(c2ccc(Cl)cc2)=C[C@@H]1c1ccccc1. The van der Waals surface area contributed by atoms with Crippen LogP contribution in [0.15, 0.2) is 91.0 Å². The molecule has 1 N–H and O–H groups in total. The third kappa shape index (κ3) is 4.51. The summed E-state index contributed by atoms with van der Waals surface area (Å²) in [5.41, 5.74) is 5.42. The quantitative estimate of drug-likeness (QED) is 0.483. The Labute approximate surface area is 186 Å². The first-order valence-electron chi connectivity index (χ1n) is 9.79. The van der Waals surface area contributed by atoms with Crippen LogP contribution in [0.25, 0.3) is 11.1 Å². The topological polar surface area (TPSA) is 29.1 Å². The molecule has 3 aromatic carbocycles. The number of halogens is 2. The van der Waals surface area contributed by atoms with Crippen molar-refractivity contribution in [1.29, 1.82) is 0 Å². The van der Waals surface area contributed by atoms with E-state index in [2.05, 4.69) is 29.6 Å². The van der Waals surface area contributed by atoms with Gasteiger partial charge in [-0.1, -0.05) is 90.0 Å². The fourth-order valence-electron chi connectivity index (χ4n) is 3.85. The summed E-state index contributed by atoms with van der Waals surface area (Å²) in [7, 11) is 0. The number of nitrogens with one attached hydrogen (secondary N) is 1. The third-order valence-corrected chi connectivity index (χ3v) is 5.74. The Morgan fingerprint density at radius 2 is 1.23 bits per heavy atom. The molecule has 4 rings (SSSR count). The Morgan fingerprint density at radius 1 is 0.733 bits per heavy atom. The number of amides is 1. The molecule has 2 atom stereocenters. The Hall–Kier alpha value is -2.81. The van der Waals surface area contributed by atoms with E-state index in [0.717, 1.165) is 27.8 Å². The van der Waals surface area contributed by atoms with Crippen LogP contribution in [0.1, 0.15) is 29.5 Å². The van der Waals surface area contributed by atoms with E-state index in [0.29, 0.717) is 10.0 Å². The van der Waals surface area contributed by atoms with Crippen molar-refractivity contribution >= 4 is 40.3 Å². The number of carbonyl (C=O) groups excluding carboxylic acids is 1. The first kappa shape index (κ1) is 20.5. The van der Waals surface area contributed by atoms with E-state index in [1.54, 1.807) is 6.92 Å². The number of rotatable bonds is 4. The van der Waals surface area contributed by atoms with Crippen molar-refractivity contribution in [2.24, 2.45) is 0 Å². The summed E-state index contributed by atoms with van der Waals surface area (Å²) in [4.78, 5) is 12.0. The molecule has 0 saturated carbocycles. The minimum absolute atomic E-state index is 0.0110. The van der Waals surface area contributed by atoms with E-state index in [1.165, 1.54) is 0 Å². The summed E-state index contributed by atoms with van der Waals surface area (Å²) in [6, 6.07) is 25.7. The van der Waals surface area contributed by atoms with Gasteiger partial charge in [0.25, 0.3) is 0 Å². The lowest BCUT2D eigenvalue weighted by atomic mass is 9.78. The summed E-state index contributed by atoms with van der Waals surface area (Å²) in [5, 5.41) is 4.50. The second-order valence-electron chi connectivity index (χ2n) is 7.34. The second kappa shape index (κ2) is 8.91. The van der Waals surface area contributed by atoms with Gasteiger partial charge in [-0.3, -0.25) is 4.79 Å². The maximum Gasteiger partial charge on any atom is 0.217 e. The Morgan fingerprint density at radius 3 is 1.73 bits per heavy atom. The number of benzene rings is 3. The van der Waals surface area contributed by atoms with Crippen molar-refractivity contribution < 1.29 is 4.79 Å². The van der Waals surface area contributed by atoms with E-state index in [9.17, 15) is 4.79 Å². The first-order valence-corrected chi connectivity index (χ1v) is 10.5. The maximum atomic E-state index is 12.0. The molecule has 0 aromatic heterocycles. The zero-order valence-corrected chi connectivity index (χ0v) is 18.0. The van der Waals surface area contributed by atoms with Gasteiger partial charge in [-0.2, -0.15) is 0 Å². The predicted molar refractivity (Wildman–Crippen MR) is 126 cm³/mol. The normalized spacial score (nSPS) is 18.4. The molecule has 1 amide bonds. The van der Waals surface area contributed by atoms with Gasteiger partial charge in [0.15, 0.2) is 0 Å². The molecule has 1 aliphatic carbocycles. The monoisotopic (exact) mass is 433 g/mol. The molecule has 0 aliphatic heterocycles. The molecular formula is C26H21Cl2NO. The maximum absolute atomic E-state index is 12.0. The zero-order chi connectivity index (χ0) is 21.1. The molecule has 0 unspecified atom stereocenters. The molecule has 4 heteroatoms. The van der Waals surface area contributed by atoms with Crippen LogP contribution in [0.4, 0.5) is 0 Å². The first-order chi connectivity index (χ1) is 14.5. The molecule has 3 aromatic rings. The number of allylic oxidation sites excluding steroid dienone is 2. The fraction of sp³-hybridized carbons (Fsp3) is 0.115. The van der Waals surface area contributed by atoms with Crippen LogP contribution in [-0.4, -0.2) is 11.9 Å². The second-order valence-corrected chi connectivity index (χ2v) is 8.21. The van der Waals surface area contributed by atoms with Gasteiger partial charge < -0.3 is 5.32 Å². The molecule has 150 valence electrons. The highest BCUT2D eigenvalue weighted by molar-refractivity contribution is 6.31. The zero-order valence-electron chi connectivity index (χ0n) is 16.5. The van der Waals surface area contributed by atoms with Gasteiger partial charge in [0.05, 0.1) is 6.04 Å². The smallest absolute Gasteiger partial charge is 0.217 e. The van der Waals surface area contributed by atoms with Crippen LogP contribution in [0.2, 0.25) is 10.0 Å². The van der Waals surface area contributed by atoms with Crippen molar-refractivity contribution in [2.45, 2.75) is 18.9 Å². The summed E-state index contributed by atoms with van der Waals surface area (Å²) in [6.45, 7) is 1.55. The highest BCUT2D eigenvalue weighted by atomic mass is 35.5. The van der Waals surface area contributed by atoms with Gasteiger partial charge in [-0.05, 0) is 52.1 Å². The summed E-state index contributed by atoms with van der Waals surface area (Å²) in [6.07, 6.45) is 4.38. The average Bonchev–Trinajstić information content (AvgIpc) is 2.75. The van der Waals surface area contributed by atoms with Crippen LogP contribution in [-0.2, 0) is 4.79 Å². The highest BCUT2D eigenvalue weighted by Crippen LogP contribution is 2.41. The van der Waals surface area contributed by atoms with Gasteiger partial charge in [0.1, 0.15) is 0 Å². The van der Waals surface area contributed by atoms with Crippen molar-refractivity contribution in [3.63, 3.8) is 0 Å². The van der Waals surface area contributed by atoms with Gasteiger partial charge in [0, 0.05) is 22.9 Å². The molecular weight excluding hydrogens is 413 g/mol. The summed E-state index contributed by atoms with van der Waals surface area (Å²) >= 11 is 12.2. The van der Waals surface area contributed by atoms with Crippen LogP contribution < -0.4 is 5.32 Å². The highest BCUT2D eigenvalue weighted by Gasteiger charge is 2.28.